The number of rotatable bonds is 6. The van der Waals surface area contributed by atoms with E-state index in [4.69, 9.17) is 9.15 Å². The zero-order valence-corrected chi connectivity index (χ0v) is 13.6. The number of ether oxygens (including phenoxy) is 1. The summed E-state index contributed by atoms with van der Waals surface area (Å²) < 4.78 is 10.7. The molecule has 0 saturated heterocycles. The third-order valence-corrected chi connectivity index (χ3v) is 4.74. The molecule has 1 aromatic carbocycles. The molecule has 0 fully saturated rings. The lowest BCUT2D eigenvalue weighted by molar-refractivity contribution is -0.380. The SMILES string of the molecule is COc1ccc(-c2nnc(SCc3csc([N+](=O)[O-])c3)o2)cc1. The van der Waals surface area contributed by atoms with Crippen molar-refractivity contribution in [3.05, 3.63) is 51.4 Å². The molecule has 0 amide bonds. The van der Waals surface area contributed by atoms with Crippen LogP contribution >= 0.6 is 23.1 Å². The van der Waals surface area contributed by atoms with Crippen molar-refractivity contribution in [1.82, 2.24) is 10.2 Å². The summed E-state index contributed by atoms with van der Waals surface area (Å²) in [6.45, 7) is 0. The monoisotopic (exact) mass is 349 g/mol. The molecule has 2 aromatic heterocycles. The van der Waals surface area contributed by atoms with E-state index >= 15 is 0 Å². The topological polar surface area (TPSA) is 91.3 Å². The second kappa shape index (κ2) is 6.80. The van der Waals surface area contributed by atoms with Gasteiger partial charge in [0, 0.05) is 22.8 Å². The maximum absolute atomic E-state index is 10.7. The first kappa shape index (κ1) is 15.5. The zero-order valence-electron chi connectivity index (χ0n) is 12.0. The first-order chi connectivity index (χ1) is 11.2. The molecule has 23 heavy (non-hydrogen) atoms. The molecule has 0 bridgehead atoms. The van der Waals surface area contributed by atoms with E-state index in [0.717, 1.165) is 28.2 Å². The van der Waals surface area contributed by atoms with Gasteiger partial charge in [-0.2, -0.15) is 0 Å². The highest BCUT2D eigenvalue weighted by Gasteiger charge is 2.12. The van der Waals surface area contributed by atoms with Crippen LogP contribution in [0.4, 0.5) is 5.00 Å². The molecule has 0 N–H and O–H groups in total. The molecule has 3 rings (SSSR count). The van der Waals surface area contributed by atoms with Gasteiger partial charge in [-0.15, -0.1) is 10.2 Å². The highest BCUT2D eigenvalue weighted by Crippen LogP contribution is 2.30. The van der Waals surface area contributed by atoms with E-state index < -0.39 is 4.92 Å². The van der Waals surface area contributed by atoms with Crippen LogP contribution in [-0.2, 0) is 5.75 Å². The Morgan fingerprint density at radius 1 is 1.35 bits per heavy atom. The predicted octanol–water partition coefficient (Wildman–Crippen LogP) is 4.01. The number of thioether (sulfide) groups is 1. The van der Waals surface area contributed by atoms with Crippen LogP contribution in [0.25, 0.3) is 11.5 Å². The fourth-order valence-electron chi connectivity index (χ4n) is 1.80. The second-order valence-electron chi connectivity index (χ2n) is 4.44. The Morgan fingerprint density at radius 3 is 2.78 bits per heavy atom. The van der Waals surface area contributed by atoms with Gasteiger partial charge < -0.3 is 9.15 Å². The van der Waals surface area contributed by atoms with Crippen LogP contribution in [0.2, 0.25) is 0 Å². The first-order valence-corrected chi connectivity index (χ1v) is 8.35. The number of aromatic nitrogens is 2. The molecular weight excluding hydrogens is 338 g/mol. The Labute approximate surface area is 139 Å². The molecule has 7 nitrogen and oxygen atoms in total. The van der Waals surface area contributed by atoms with Crippen LogP contribution < -0.4 is 4.74 Å². The lowest BCUT2D eigenvalue weighted by atomic mass is 10.2. The molecule has 9 heteroatoms. The zero-order chi connectivity index (χ0) is 16.2. The van der Waals surface area contributed by atoms with Crippen molar-refractivity contribution in [2.75, 3.05) is 7.11 Å². The standard InChI is InChI=1S/C14H11N3O4S2/c1-20-11-4-2-10(3-5-11)13-15-16-14(21-13)23-8-9-6-12(17(18)19)22-7-9/h2-7H,8H2,1H3. The number of hydrogen-bond donors (Lipinski definition) is 0. The number of nitrogens with zero attached hydrogens (tertiary/aromatic N) is 3. The van der Waals surface area contributed by atoms with Gasteiger partial charge in [-0.25, -0.2) is 0 Å². The smallest absolute Gasteiger partial charge is 0.324 e. The molecule has 0 radical (unpaired) electrons. The third-order valence-electron chi connectivity index (χ3n) is 2.93. The van der Waals surface area contributed by atoms with Crippen molar-refractivity contribution in [2.24, 2.45) is 0 Å². The first-order valence-electron chi connectivity index (χ1n) is 6.48. The average Bonchev–Trinajstić information content (AvgIpc) is 3.22. The maximum atomic E-state index is 10.7. The number of nitro groups is 1. The molecule has 0 spiro atoms. The summed E-state index contributed by atoms with van der Waals surface area (Å²) in [7, 11) is 1.60. The van der Waals surface area contributed by atoms with Gasteiger partial charge in [-0.1, -0.05) is 23.1 Å². The van der Waals surface area contributed by atoms with Crippen molar-refractivity contribution < 1.29 is 14.1 Å². The van der Waals surface area contributed by atoms with E-state index in [2.05, 4.69) is 10.2 Å². The molecule has 0 aliphatic carbocycles. The van der Waals surface area contributed by atoms with Gasteiger partial charge in [0.1, 0.15) is 5.75 Å². The number of thiophene rings is 1. The van der Waals surface area contributed by atoms with E-state index in [1.807, 2.05) is 24.3 Å². The second-order valence-corrected chi connectivity index (χ2v) is 6.26. The predicted molar refractivity (Wildman–Crippen MR) is 86.8 cm³/mol. The van der Waals surface area contributed by atoms with Crippen LogP contribution in [0.15, 0.2) is 45.4 Å². The Balaban J connectivity index is 1.65. The van der Waals surface area contributed by atoms with Crippen LogP contribution in [0.1, 0.15) is 5.56 Å². The van der Waals surface area contributed by atoms with Gasteiger partial charge in [0.2, 0.25) is 5.89 Å². The van der Waals surface area contributed by atoms with Crippen LogP contribution in [0.3, 0.4) is 0 Å². The fraction of sp³-hybridized carbons (Fsp3) is 0.143. The Hall–Kier alpha value is -2.39. The Morgan fingerprint density at radius 2 is 2.13 bits per heavy atom. The van der Waals surface area contributed by atoms with Crippen molar-refractivity contribution >= 4 is 28.1 Å². The minimum absolute atomic E-state index is 0.130. The quantitative estimate of drug-likeness (QED) is 0.377. The molecule has 0 saturated carbocycles. The van der Waals surface area contributed by atoms with Gasteiger partial charge >= 0.3 is 5.00 Å². The minimum atomic E-state index is -0.396. The average molecular weight is 349 g/mol. The molecule has 2 heterocycles. The van der Waals surface area contributed by atoms with E-state index in [1.54, 1.807) is 18.6 Å². The van der Waals surface area contributed by atoms with E-state index in [-0.39, 0.29) is 5.00 Å². The van der Waals surface area contributed by atoms with Gasteiger partial charge in [-0.3, -0.25) is 10.1 Å². The number of benzene rings is 1. The summed E-state index contributed by atoms with van der Waals surface area (Å²) in [6, 6.07) is 8.86. The molecule has 0 unspecified atom stereocenters. The van der Waals surface area contributed by atoms with Crippen molar-refractivity contribution in [2.45, 2.75) is 11.0 Å². The van der Waals surface area contributed by atoms with Gasteiger partial charge in [0.15, 0.2) is 0 Å². The van der Waals surface area contributed by atoms with Crippen LogP contribution in [0, 0.1) is 10.1 Å². The normalized spacial score (nSPS) is 10.7. The van der Waals surface area contributed by atoms with Crippen molar-refractivity contribution in [3.63, 3.8) is 0 Å². The summed E-state index contributed by atoms with van der Waals surface area (Å²) in [5, 5.41) is 20.9. The van der Waals surface area contributed by atoms with Gasteiger partial charge in [0.25, 0.3) is 5.22 Å². The fourth-order valence-corrected chi connectivity index (χ4v) is 3.33. The molecule has 3 aromatic rings. The highest BCUT2D eigenvalue weighted by atomic mass is 32.2. The lowest BCUT2D eigenvalue weighted by Crippen LogP contribution is -1.82. The summed E-state index contributed by atoms with van der Waals surface area (Å²) in [5.74, 6) is 1.71. The summed E-state index contributed by atoms with van der Waals surface area (Å²) in [5.41, 5.74) is 1.66. The van der Waals surface area contributed by atoms with Crippen LogP contribution in [0.5, 0.6) is 5.75 Å². The summed E-state index contributed by atoms with van der Waals surface area (Å²) in [6.07, 6.45) is 0. The summed E-state index contributed by atoms with van der Waals surface area (Å²) >= 11 is 2.45. The van der Waals surface area contributed by atoms with Crippen LogP contribution in [-0.4, -0.2) is 22.2 Å². The Kier molecular flexibility index (Phi) is 4.58. The van der Waals surface area contributed by atoms with Gasteiger partial charge in [-0.05, 0) is 29.8 Å². The Bertz CT molecular complexity index is 814. The van der Waals surface area contributed by atoms with Gasteiger partial charge in [0.05, 0.1) is 12.0 Å². The molecule has 0 atom stereocenters. The largest absolute Gasteiger partial charge is 0.497 e. The van der Waals surface area contributed by atoms with E-state index in [1.165, 1.54) is 11.8 Å². The lowest BCUT2D eigenvalue weighted by Gasteiger charge is -1.99. The molecule has 0 aliphatic rings. The van der Waals surface area contributed by atoms with Crippen molar-refractivity contribution in [3.8, 4) is 17.2 Å². The number of hydrogen-bond acceptors (Lipinski definition) is 8. The molecule has 0 aliphatic heterocycles. The molecular formula is C14H11N3O4S2. The van der Waals surface area contributed by atoms with Crippen molar-refractivity contribution in [1.29, 1.82) is 0 Å². The number of methoxy groups -OCH3 is 1. The third kappa shape index (κ3) is 3.69. The minimum Gasteiger partial charge on any atom is -0.497 e. The maximum Gasteiger partial charge on any atom is 0.324 e. The summed E-state index contributed by atoms with van der Waals surface area (Å²) in [4.78, 5) is 10.3. The molecule has 118 valence electrons. The van der Waals surface area contributed by atoms with E-state index in [9.17, 15) is 10.1 Å². The highest BCUT2D eigenvalue weighted by molar-refractivity contribution is 7.98. The van der Waals surface area contributed by atoms with E-state index in [0.29, 0.717) is 16.9 Å².